The number of nitrogens with one attached hydrogen (secondary N) is 1. The number of urea groups is 1. The number of nitrogens with zero attached hydrogens (tertiary/aromatic N) is 1. The van der Waals surface area contributed by atoms with Gasteiger partial charge >= 0.3 is 6.03 Å². The van der Waals surface area contributed by atoms with Crippen molar-refractivity contribution >= 4 is 16.8 Å². The molecule has 2 amide bonds. The summed E-state index contributed by atoms with van der Waals surface area (Å²) in [6.45, 7) is 5.45. The monoisotopic (exact) mass is 314 g/mol. The molecule has 2 heterocycles. The van der Waals surface area contributed by atoms with E-state index in [1.165, 1.54) is 12.8 Å². The van der Waals surface area contributed by atoms with Crippen molar-refractivity contribution in [3.05, 3.63) is 0 Å². The third-order valence-corrected chi connectivity index (χ3v) is 6.22. The van der Waals surface area contributed by atoms with Crippen molar-refractivity contribution in [1.29, 1.82) is 0 Å². The van der Waals surface area contributed by atoms with Crippen LogP contribution in [0.3, 0.4) is 0 Å². The molecule has 1 spiro atoms. The van der Waals surface area contributed by atoms with Crippen molar-refractivity contribution in [3.8, 4) is 0 Å². The molecule has 0 aromatic carbocycles. The second kappa shape index (κ2) is 5.54. The maximum atomic E-state index is 12.5. The van der Waals surface area contributed by atoms with Crippen molar-refractivity contribution < 1.29 is 13.7 Å². The maximum absolute atomic E-state index is 12.5. The minimum Gasteiger partial charge on any atom is -0.365 e. The van der Waals surface area contributed by atoms with Crippen LogP contribution < -0.4 is 5.32 Å². The number of hydrogen-bond donors (Lipinski definition) is 1. The Balaban J connectivity index is 1.65. The second-order valence-corrected chi connectivity index (χ2v) is 8.97. The third kappa shape index (κ3) is 3.42. The summed E-state index contributed by atoms with van der Waals surface area (Å²) >= 11 is 0. The maximum Gasteiger partial charge on any atom is 0.317 e. The SMILES string of the molecule is CC1(C)CN(C(=O)N[C@@H]2CC[S@](=O)C2)CC2(CCCC2)O1. The number of carbonyl (C=O) groups is 1. The lowest BCUT2D eigenvalue weighted by Gasteiger charge is -2.48. The van der Waals surface area contributed by atoms with Crippen LogP contribution in [-0.4, -0.2) is 57.0 Å². The van der Waals surface area contributed by atoms with Crippen LogP contribution in [0.4, 0.5) is 4.79 Å². The zero-order valence-electron chi connectivity index (χ0n) is 13.0. The van der Waals surface area contributed by atoms with Crippen LogP contribution in [0.5, 0.6) is 0 Å². The molecule has 3 aliphatic rings. The Morgan fingerprint density at radius 1 is 1.29 bits per heavy atom. The Hall–Kier alpha value is -0.620. The van der Waals surface area contributed by atoms with Gasteiger partial charge in [0, 0.05) is 28.3 Å². The molecule has 2 atom stereocenters. The van der Waals surface area contributed by atoms with Gasteiger partial charge in [-0.25, -0.2) is 4.79 Å². The van der Waals surface area contributed by atoms with E-state index in [9.17, 15) is 9.00 Å². The summed E-state index contributed by atoms with van der Waals surface area (Å²) in [6.07, 6.45) is 5.30. The molecule has 0 bridgehead atoms. The van der Waals surface area contributed by atoms with Gasteiger partial charge in [-0.1, -0.05) is 12.8 Å². The first-order valence-electron chi connectivity index (χ1n) is 7.98. The van der Waals surface area contributed by atoms with E-state index in [2.05, 4.69) is 19.2 Å². The third-order valence-electron chi connectivity index (χ3n) is 4.75. The number of amides is 2. The standard InChI is InChI=1S/C15H26N2O3S/c1-14(2)10-17(11-15(20-14)6-3-4-7-15)13(18)16-12-5-8-21(19)9-12/h12H,3-11H2,1-2H3,(H,16,18)/t12-,21+/m1/s1. The molecule has 2 saturated heterocycles. The first-order valence-corrected chi connectivity index (χ1v) is 9.47. The summed E-state index contributed by atoms with van der Waals surface area (Å²) in [7, 11) is -0.756. The Morgan fingerprint density at radius 2 is 2.00 bits per heavy atom. The van der Waals surface area contributed by atoms with Crippen LogP contribution in [-0.2, 0) is 15.5 Å². The summed E-state index contributed by atoms with van der Waals surface area (Å²) in [6, 6.07) is 0.0605. The van der Waals surface area contributed by atoms with Crippen LogP contribution in [0.1, 0.15) is 46.0 Å². The fourth-order valence-electron chi connectivity index (χ4n) is 3.98. The molecule has 120 valence electrons. The molecule has 2 aliphatic heterocycles. The van der Waals surface area contributed by atoms with Crippen molar-refractivity contribution in [2.24, 2.45) is 0 Å². The fraction of sp³-hybridized carbons (Fsp3) is 0.933. The number of carbonyl (C=O) groups excluding carboxylic acids is 1. The van der Waals surface area contributed by atoms with Crippen molar-refractivity contribution in [2.75, 3.05) is 24.6 Å². The van der Waals surface area contributed by atoms with Gasteiger partial charge in [0.15, 0.2) is 0 Å². The van der Waals surface area contributed by atoms with Crippen molar-refractivity contribution in [2.45, 2.75) is 63.2 Å². The fourth-order valence-corrected chi connectivity index (χ4v) is 5.39. The lowest BCUT2D eigenvalue weighted by atomic mass is 9.94. The number of ether oxygens (including phenoxy) is 1. The minimum absolute atomic E-state index is 0.0125. The minimum atomic E-state index is -0.756. The van der Waals surface area contributed by atoms with Crippen LogP contribution in [0.25, 0.3) is 0 Å². The summed E-state index contributed by atoms with van der Waals surface area (Å²) < 4.78 is 17.8. The van der Waals surface area contributed by atoms with Crippen LogP contribution >= 0.6 is 0 Å². The Kier molecular flexibility index (Phi) is 4.03. The van der Waals surface area contributed by atoms with Gasteiger partial charge in [0.05, 0.1) is 24.3 Å². The highest BCUT2D eigenvalue weighted by atomic mass is 32.2. The van der Waals surface area contributed by atoms with Gasteiger partial charge < -0.3 is 15.0 Å². The Bertz CT molecular complexity index is 446. The molecule has 1 aliphatic carbocycles. The van der Waals surface area contributed by atoms with E-state index in [1.807, 2.05) is 4.90 Å². The van der Waals surface area contributed by atoms with Gasteiger partial charge in [-0.15, -0.1) is 0 Å². The molecule has 21 heavy (non-hydrogen) atoms. The van der Waals surface area contributed by atoms with E-state index < -0.39 is 10.8 Å². The predicted octanol–water partition coefficient (Wildman–Crippen LogP) is 1.64. The number of morpholine rings is 1. The highest BCUT2D eigenvalue weighted by Crippen LogP contribution is 2.40. The number of rotatable bonds is 1. The topological polar surface area (TPSA) is 58.6 Å². The summed E-state index contributed by atoms with van der Waals surface area (Å²) in [4.78, 5) is 14.5. The van der Waals surface area contributed by atoms with Gasteiger partial charge in [-0.3, -0.25) is 4.21 Å². The molecule has 0 radical (unpaired) electrons. The van der Waals surface area contributed by atoms with E-state index in [0.29, 0.717) is 24.6 Å². The molecule has 3 fully saturated rings. The highest BCUT2D eigenvalue weighted by molar-refractivity contribution is 7.85. The molecule has 0 aromatic rings. The first kappa shape index (κ1) is 15.3. The van der Waals surface area contributed by atoms with E-state index in [4.69, 9.17) is 4.74 Å². The van der Waals surface area contributed by atoms with Crippen LogP contribution in [0.2, 0.25) is 0 Å². The summed E-state index contributed by atoms with van der Waals surface area (Å²) in [5.74, 6) is 1.31. The second-order valence-electron chi connectivity index (χ2n) is 7.35. The Labute approximate surface area is 129 Å². The van der Waals surface area contributed by atoms with Crippen LogP contribution in [0, 0.1) is 0 Å². The average Bonchev–Trinajstić information content (AvgIpc) is 2.97. The first-order chi connectivity index (χ1) is 9.88. The van der Waals surface area contributed by atoms with E-state index in [-0.39, 0.29) is 23.3 Å². The quantitative estimate of drug-likeness (QED) is 0.800. The summed E-state index contributed by atoms with van der Waals surface area (Å²) in [5.41, 5.74) is -0.435. The van der Waals surface area contributed by atoms with E-state index >= 15 is 0 Å². The summed E-state index contributed by atoms with van der Waals surface area (Å²) in [5, 5.41) is 3.06. The lowest BCUT2D eigenvalue weighted by Crippen LogP contribution is -2.62. The van der Waals surface area contributed by atoms with E-state index in [1.54, 1.807) is 0 Å². The van der Waals surface area contributed by atoms with Gasteiger partial charge in [0.1, 0.15) is 0 Å². The normalized spacial score (nSPS) is 34.3. The van der Waals surface area contributed by atoms with Crippen LogP contribution in [0.15, 0.2) is 0 Å². The predicted molar refractivity (Wildman–Crippen MR) is 82.7 cm³/mol. The Morgan fingerprint density at radius 3 is 2.62 bits per heavy atom. The molecule has 3 rings (SSSR count). The number of hydrogen-bond acceptors (Lipinski definition) is 3. The molecule has 5 nitrogen and oxygen atoms in total. The van der Waals surface area contributed by atoms with E-state index in [0.717, 1.165) is 19.3 Å². The molecule has 0 unspecified atom stereocenters. The molecular weight excluding hydrogens is 288 g/mol. The molecular formula is C15H26N2O3S. The van der Waals surface area contributed by atoms with Gasteiger partial charge in [-0.2, -0.15) is 0 Å². The van der Waals surface area contributed by atoms with Gasteiger partial charge in [0.25, 0.3) is 0 Å². The zero-order chi connectivity index (χ0) is 15.1. The van der Waals surface area contributed by atoms with Gasteiger partial charge in [-0.05, 0) is 33.1 Å². The molecule has 0 aromatic heterocycles. The highest BCUT2D eigenvalue weighted by Gasteiger charge is 2.47. The molecule has 6 heteroatoms. The average molecular weight is 314 g/mol. The largest absolute Gasteiger partial charge is 0.365 e. The molecule has 1 saturated carbocycles. The smallest absolute Gasteiger partial charge is 0.317 e. The zero-order valence-corrected chi connectivity index (χ0v) is 13.8. The molecule has 1 N–H and O–H groups in total. The van der Waals surface area contributed by atoms with Gasteiger partial charge in [0.2, 0.25) is 0 Å². The lowest BCUT2D eigenvalue weighted by molar-refractivity contribution is -0.184. The van der Waals surface area contributed by atoms with Crippen molar-refractivity contribution in [1.82, 2.24) is 10.2 Å². The van der Waals surface area contributed by atoms with Crippen molar-refractivity contribution in [3.63, 3.8) is 0 Å².